The number of likely N-dealkylation sites (tertiary alicyclic amines) is 1. The molecule has 2 aromatic carbocycles. The number of furan rings is 1. The lowest BCUT2D eigenvalue weighted by molar-refractivity contribution is 0.294. The second-order valence-electron chi connectivity index (χ2n) is 7.98. The van der Waals surface area contributed by atoms with Gasteiger partial charge >= 0.3 is 0 Å². The molecule has 1 aromatic heterocycles. The predicted octanol–water partition coefficient (Wildman–Crippen LogP) is 4.61. The van der Waals surface area contributed by atoms with Gasteiger partial charge in [-0.25, -0.2) is 0 Å². The van der Waals surface area contributed by atoms with E-state index < -0.39 is 0 Å². The van der Waals surface area contributed by atoms with Crippen LogP contribution in [-0.2, 0) is 13.1 Å². The van der Waals surface area contributed by atoms with Gasteiger partial charge in [0.05, 0.1) is 6.26 Å². The van der Waals surface area contributed by atoms with E-state index in [0.29, 0.717) is 5.92 Å². The number of nitrogens with zero attached hydrogens (tertiary/aromatic N) is 2. The molecule has 0 amide bonds. The van der Waals surface area contributed by atoms with E-state index in [1.54, 1.807) is 6.26 Å². The molecule has 5 rings (SSSR count). The van der Waals surface area contributed by atoms with Gasteiger partial charge < -0.3 is 9.32 Å². The normalized spacial score (nSPS) is 21.3. The molecule has 1 fully saturated rings. The summed E-state index contributed by atoms with van der Waals surface area (Å²) in [5, 5.41) is 1.18. The highest BCUT2D eigenvalue weighted by Crippen LogP contribution is 2.35. The average Bonchev–Trinajstić information content (AvgIpc) is 3.31. The molecule has 3 heteroatoms. The van der Waals surface area contributed by atoms with Crippen molar-refractivity contribution in [2.24, 2.45) is 0 Å². The van der Waals surface area contributed by atoms with E-state index in [4.69, 9.17) is 4.42 Å². The van der Waals surface area contributed by atoms with E-state index in [1.807, 2.05) is 6.07 Å². The Kier molecular flexibility index (Phi) is 4.07. The summed E-state index contributed by atoms with van der Waals surface area (Å²) in [6.07, 6.45) is 4.48. The van der Waals surface area contributed by atoms with Crippen LogP contribution in [0.1, 0.15) is 41.0 Å². The molecule has 0 saturated carbocycles. The molecule has 0 bridgehead atoms. The third-order valence-electron chi connectivity index (χ3n) is 6.00. The topological polar surface area (TPSA) is 19.6 Å². The zero-order valence-electron chi connectivity index (χ0n) is 15.4. The molecule has 3 nitrogen and oxygen atoms in total. The van der Waals surface area contributed by atoms with Gasteiger partial charge in [0.15, 0.2) is 0 Å². The highest BCUT2D eigenvalue weighted by Gasteiger charge is 2.25. The van der Waals surface area contributed by atoms with Crippen molar-refractivity contribution in [3.8, 4) is 0 Å². The maximum absolute atomic E-state index is 5.64. The van der Waals surface area contributed by atoms with Crippen LogP contribution in [0.15, 0.2) is 53.1 Å². The molecule has 2 aliphatic heterocycles. The summed E-state index contributed by atoms with van der Waals surface area (Å²) in [6.45, 7) is 5.71. The summed E-state index contributed by atoms with van der Waals surface area (Å²) in [5.74, 6) is 0.416. The monoisotopic (exact) mass is 346 g/mol. The number of hydrogen-bond acceptors (Lipinski definition) is 3. The Labute approximate surface area is 155 Å². The smallest absolute Gasteiger partial charge is 0.134 e. The minimum atomic E-state index is 0.416. The van der Waals surface area contributed by atoms with Gasteiger partial charge in [0.2, 0.25) is 0 Å². The average molecular weight is 346 g/mol. The van der Waals surface area contributed by atoms with Gasteiger partial charge in [-0.1, -0.05) is 30.3 Å². The number of hydrogen-bond donors (Lipinski definition) is 0. The van der Waals surface area contributed by atoms with E-state index in [0.717, 1.165) is 25.2 Å². The van der Waals surface area contributed by atoms with E-state index >= 15 is 0 Å². The maximum atomic E-state index is 5.64. The van der Waals surface area contributed by atoms with Crippen LogP contribution < -0.4 is 0 Å². The van der Waals surface area contributed by atoms with Crippen molar-refractivity contribution in [1.29, 1.82) is 0 Å². The molecular formula is C23H26N2O. The molecule has 3 aromatic rings. The van der Waals surface area contributed by atoms with Crippen LogP contribution in [0.5, 0.6) is 0 Å². The molecule has 134 valence electrons. The molecule has 1 unspecified atom stereocenters. The fraction of sp³-hybridized carbons (Fsp3) is 0.391. The van der Waals surface area contributed by atoms with Gasteiger partial charge in [0.25, 0.3) is 0 Å². The lowest BCUT2D eigenvalue weighted by Gasteiger charge is -2.33. The van der Waals surface area contributed by atoms with Crippen LogP contribution in [0.4, 0.5) is 0 Å². The summed E-state index contributed by atoms with van der Waals surface area (Å²) in [6, 6.07) is 15.9. The van der Waals surface area contributed by atoms with Crippen LogP contribution in [0.3, 0.4) is 0 Å². The van der Waals surface area contributed by atoms with Crippen LogP contribution >= 0.6 is 0 Å². The molecule has 0 radical (unpaired) electrons. The fourth-order valence-corrected chi connectivity index (χ4v) is 4.67. The third kappa shape index (κ3) is 2.95. The molecule has 2 aliphatic rings. The van der Waals surface area contributed by atoms with Gasteiger partial charge in [-0.2, -0.15) is 0 Å². The van der Waals surface area contributed by atoms with E-state index in [1.165, 1.54) is 53.6 Å². The quantitative estimate of drug-likeness (QED) is 0.691. The van der Waals surface area contributed by atoms with Crippen molar-refractivity contribution in [3.63, 3.8) is 0 Å². The maximum Gasteiger partial charge on any atom is 0.134 e. The molecule has 1 atom stereocenters. The number of likely N-dealkylation sites (N-methyl/N-ethyl adjacent to an activating group) is 1. The molecule has 26 heavy (non-hydrogen) atoms. The standard InChI is InChI=1S/C23H26N2O/c1-24-15-20-12-17(14-25-9-2-3-10-25)4-7-21(20)22(16-24)19-6-5-18-8-11-26-23(18)13-19/h4-8,11-13,22H,2-3,9-10,14-16H2,1H3. The first kappa shape index (κ1) is 16.1. The summed E-state index contributed by atoms with van der Waals surface area (Å²) < 4.78 is 5.64. The Morgan fingerprint density at radius 3 is 2.81 bits per heavy atom. The molecular weight excluding hydrogens is 320 g/mol. The minimum absolute atomic E-state index is 0.416. The Morgan fingerprint density at radius 2 is 1.92 bits per heavy atom. The number of fused-ring (bicyclic) bond motifs is 2. The van der Waals surface area contributed by atoms with Crippen molar-refractivity contribution < 1.29 is 4.42 Å². The number of rotatable bonds is 3. The second kappa shape index (κ2) is 6.57. The van der Waals surface area contributed by atoms with Crippen molar-refractivity contribution in [2.45, 2.75) is 31.8 Å². The van der Waals surface area contributed by atoms with E-state index in [2.05, 4.69) is 53.2 Å². The Morgan fingerprint density at radius 1 is 1.04 bits per heavy atom. The molecule has 0 aliphatic carbocycles. The summed E-state index contributed by atoms with van der Waals surface area (Å²) >= 11 is 0. The zero-order chi connectivity index (χ0) is 17.5. The first-order valence-corrected chi connectivity index (χ1v) is 9.76. The highest BCUT2D eigenvalue weighted by atomic mass is 16.3. The van der Waals surface area contributed by atoms with Gasteiger partial charge in [0, 0.05) is 30.9 Å². The lowest BCUT2D eigenvalue weighted by atomic mass is 9.84. The van der Waals surface area contributed by atoms with Gasteiger partial charge in [-0.3, -0.25) is 4.90 Å². The van der Waals surface area contributed by atoms with Gasteiger partial charge in [-0.05, 0) is 67.4 Å². The van der Waals surface area contributed by atoms with Crippen molar-refractivity contribution in [2.75, 3.05) is 26.7 Å². The van der Waals surface area contributed by atoms with Crippen LogP contribution in [0.25, 0.3) is 11.0 Å². The minimum Gasteiger partial charge on any atom is -0.464 e. The molecule has 0 spiro atoms. The lowest BCUT2D eigenvalue weighted by Crippen LogP contribution is -2.31. The molecule has 1 saturated heterocycles. The van der Waals surface area contributed by atoms with E-state index in [-0.39, 0.29) is 0 Å². The highest BCUT2D eigenvalue weighted by molar-refractivity contribution is 5.78. The summed E-state index contributed by atoms with van der Waals surface area (Å²) in [5.41, 5.74) is 6.77. The molecule has 3 heterocycles. The fourth-order valence-electron chi connectivity index (χ4n) is 4.67. The van der Waals surface area contributed by atoms with Crippen molar-refractivity contribution in [3.05, 3.63) is 71.0 Å². The largest absolute Gasteiger partial charge is 0.464 e. The summed E-state index contributed by atoms with van der Waals surface area (Å²) in [7, 11) is 2.23. The van der Waals surface area contributed by atoms with Crippen LogP contribution in [0, 0.1) is 0 Å². The Balaban J connectivity index is 1.48. The van der Waals surface area contributed by atoms with E-state index in [9.17, 15) is 0 Å². The Hall–Kier alpha value is -2.10. The summed E-state index contributed by atoms with van der Waals surface area (Å²) in [4.78, 5) is 5.02. The number of benzene rings is 2. The Bertz CT molecular complexity index is 923. The third-order valence-corrected chi connectivity index (χ3v) is 6.00. The molecule has 0 N–H and O–H groups in total. The van der Waals surface area contributed by atoms with Gasteiger partial charge in [-0.15, -0.1) is 0 Å². The first-order valence-electron chi connectivity index (χ1n) is 9.76. The van der Waals surface area contributed by atoms with Crippen LogP contribution in [0.2, 0.25) is 0 Å². The van der Waals surface area contributed by atoms with Gasteiger partial charge in [0.1, 0.15) is 5.58 Å². The van der Waals surface area contributed by atoms with Crippen molar-refractivity contribution >= 4 is 11.0 Å². The zero-order valence-corrected chi connectivity index (χ0v) is 15.4. The van der Waals surface area contributed by atoms with Crippen LogP contribution in [-0.4, -0.2) is 36.5 Å². The second-order valence-corrected chi connectivity index (χ2v) is 7.98. The first-order chi connectivity index (χ1) is 12.8. The predicted molar refractivity (Wildman–Crippen MR) is 105 cm³/mol. The van der Waals surface area contributed by atoms with Crippen molar-refractivity contribution in [1.82, 2.24) is 9.80 Å². The SMILES string of the molecule is CN1Cc2cc(CN3CCCC3)ccc2C(c2ccc3ccoc3c2)C1.